The number of carbonyl (C=O) groups is 2. The second-order valence-corrected chi connectivity index (χ2v) is 10.4. The molecule has 0 unspecified atom stereocenters. The van der Waals surface area contributed by atoms with Gasteiger partial charge in [-0.25, -0.2) is 26.3 Å². The Morgan fingerprint density at radius 3 is 2.15 bits per heavy atom. The van der Waals surface area contributed by atoms with E-state index in [1.54, 1.807) is 11.9 Å². The summed E-state index contributed by atoms with van der Waals surface area (Å²) in [6.45, 7) is 2.04. The van der Waals surface area contributed by atoms with Crippen LogP contribution < -0.4 is 5.32 Å². The van der Waals surface area contributed by atoms with Crippen LogP contribution in [0.15, 0.2) is 52.4 Å². The molecule has 0 saturated heterocycles. The van der Waals surface area contributed by atoms with Gasteiger partial charge in [0.2, 0.25) is 15.9 Å². The van der Waals surface area contributed by atoms with Crippen LogP contribution in [0.4, 0.5) is 22.0 Å². The number of hydrogen-bond acceptors (Lipinski definition) is 6. The largest absolute Gasteiger partial charge is 0.490 e. The maximum atomic E-state index is 13.4. The Hall–Kier alpha value is -3.59. The van der Waals surface area contributed by atoms with Crippen molar-refractivity contribution in [2.24, 2.45) is 4.99 Å². The summed E-state index contributed by atoms with van der Waals surface area (Å²) in [4.78, 5) is 26.9. The first kappa shape index (κ1) is 31.6. The minimum Gasteiger partial charge on any atom is -0.475 e. The van der Waals surface area contributed by atoms with Gasteiger partial charge >= 0.3 is 12.1 Å². The molecule has 214 valence electrons. The number of rotatable bonds is 9. The third kappa shape index (κ3) is 9.28. The molecular formula is C24H27F5N4O5S. The predicted molar refractivity (Wildman–Crippen MR) is 132 cm³/mol. The van der Waals surface area contributed by atoms with Crippen molar-refractivity contribution < 1.29 is 45.1 Å². The summed E-state index contributed by atoms with van der Waals surface area (Å²) in [5.74, 6) is -4.44. The Bertz CT molecular complexity index is 1300. The minimum atomic E-state index is -5.08. The predicted octanol–water partition coefficient (Wildman–Crippen LogP) is 2.66. The second kappa shape index (κ2) is 13.5. The molecule has 0 radical (unpaired) electrons. The monoisotopic (exact) mass is 578 g/mol. The van der Waals surface area contributed by atoms with Crippen LogP contribution in [0, 0.1) is 11.6 Å². The summed E-state index contributed by atoms with van der Waals surface area (Å²) >= 11 is 0. The van der Waals surface area contributed by atoms with Gasteiger partial charge in [-0.15, -0.1) is 0 Å². The van der Waals surface area contributed by atoms with Crippen molar-refractivity contribution in [2.45, 2.75) is 23.9 Å². The number of likely N-dealkylation sites (N-methyl/N-ethyl adjacent to an activating group) is 1. The first-order chi connectivity index (χ1) is 18.1. The third-order valence-electron chi connectivity index (χ3n) is 5.55. The van der Waals surface area contributed by atoms with Crippen molar-refractivity contribution >= 4 is 27.7 Å². The zero-order valence-corrected chi connectivity index (χ0v) is 21.8. The van der Waals surface area contributed by atoms with Gasteiger partial charge in [0.05, 0.1) is 11.4 Å². The molecule has 1 aliphatic rings. The Kier molecular flexibility index (Phi) is 10.9. The summed E-state index contributed by atoms with van der Waals surface area (Å²) < 4.78 is 84.2. The highest BCUT2D eigenvalue weighted by Gasteiger charge is 2.38. The standard InChI is InChI=1S/C22H26F2N4O3S.C2HF3O2/c1-27(13-9-16-3-5-17(6-4-16)22-25-11-12-26-22)21(29)10-14-28(2)32(30,31)18-7-8-19(23)20(24)15-18;3-2(4,5)1(6)7/h3-8,15H,9-14H2,1-2H3,(H,25,26);(H,6,7). The average molecular weight is 579 g/mol. The van der Waals surface area contributed by atoms with E-state index in [1.807, 2.05) is 24.3 Å². The van der Waals surface area contributed by atoms with Crippen molar-refractivity contribution in [3.05, 3.63) is 65.2 Å². The SMILES string of the molecule is CN(CCc1ccc(C2=NCCN2)cc1)C(=O)CCN(C)S(=O)(=O)c1ccc(F)c(F)c1.O=C(O)C(F)(F)F. The molecule has 0 fully saturated rings. The number of alkyl halides is 3. The maximum Gasteiger partial charge on any atom is 0.490 e. The molecule has 39 heavy (non-hydrogen) atoms. The molecule has 2 aromatic carbocycles. The van der Waals surface area contributed by atoms with Crippen molar-refractivity contribution in [2.75, 3.05) is 40.3 Å². The van der Waals surface area contributed by atoms with Gasteiger partial charge in [0.25, 0.3) is 0 Å². The van der Waals surface area contributed by atoms with E-state index in [2.05, 4.69) is 10.3 Å². The lowest BCUT2D eigenvalue weighted by atomic mass is 10.1. The highest BCUT2D eigenvalue weighted by molar-refractivity contribution is 7.89. The summed E-state index contributed by atoms with van der Waals surface area (Å²) in [5, 5.41) is 10.3. The van der Waals surface area contributed by atoms with Crippen LogP contribution >= 0.6 is 0 Å². The average Bonchev–Trinajstić information content (AvgIpc) is 3.42. The Morgan fingerprint density at radius 1 is 1.03 bits per heavy atom. The van der Waals surface area contributed by atoms with Gasteiger partial charge in [0.1, 0.15) is 5.84 Å². The number of nitrogens with zero attached hydrogens (tertiary/aromatic N) is 3. The number of carbonyl (C=O) groups excluding carboxylic acids is 1. The number of nitrogens with one attached hydrogen (secondary N) is 1. The molecule has 0 aromatic heterocycles. The number of sulfonamides is 1. The normalized spacial score (nSPS) is 13.3. The van der Waals surface area contributed by atoms with Crippen LogP contribution in [0.1, 0.15) is 17.5 Å². The molecule has 3 rings (SSSR count). The van der Waals surface area contributed by atoms with Crippen LogP contribution in [0.25, 0.3) is 0 Å². The Labute approximate surface area is 222 Å². The number of aliphatic imine (C=N–C) groups is 1. The molecule has 0 atom stereocenters. The fourth-order valence-corrected chi connectivity index (χ4v) is 4.41. The molecule has 0 aliphatic carbocycles. The van der Waals surface area contributed by atoms with Crippen molar-refractivity contribution in [1.29, 1.82) is 0 Å². The zero-order valence-electron chi connectivity index (χ0n) is 21.0. The van der Waals surface area contributed by atoms with E-state index in [0.717, 1.165) is 46.5 Å². The lowest BCUT2D eigenvalue weighted by molar-refractivity contribution is -0.192. The minimum absolute atomic E-state index is 0.0274. The number of hydrogen-bond donors (Lipinski definition) is 2. The molecule has 0 spiro atoms. The third-order valence-corrected chi connectivity index (χ3v) is 7.40. The number of benzene rings is 2. The number of aliphatic carboxylic acids is 1. The lowest BCUT2D eigenvalue weighted by Gasteiger charge is -2.20. The molecule has 0 bridgehead atoms. The fraction of sp³-hybridized carbons (Fsp3) is 0.375. The van der Waals surface area contributed by atoms with E-state index in [9.17, 15) is 35.2 Å². The molecule has 0 saturated carbocycles. The molecule has 1 aliphatic heterocycles. The highest BCUT2D eigenvalue weighted by Crippen LogP contribution is 2.18. The molecule has 9 nitrogen and oxygen atoms in total. The van der Waals surface area contributed by atoms with Gasteiger partial charge in [-0.3, -0.25) is 9.79 Å². The van der Waals surface area contributed by atoms with Crippen molar-refractivity contribution in [3.63, 3.8) is 0 Å². The van der Waals surface area contributed by atoms with Gasteiger partial charge < -0.3 is 15.3 Å². The van der Waals surface area contributed by atoms with Gasteiger partial charge in [-0.1, -0.05) is 24.3 Å². The van der Waals surface area contributed by atoms with Crippen LogP contribution in [0.3, 0.4) is 0 Å². The number of halogens is 5. The summed E-state index contributed by atoms with van der Waals surface area (Å²) in [6, 6.07) is 10.4. The number of amides is 1. The summed E-state index contributed by atoms with van der Waals surface area (Å²) in [7, 11) is -1.06. The van der Waals surface area contributed by atoms with E-state index < -0.39 is 33.8 Å². The zero-order chi connectivity index (χ0) is 29.4. The van der Waals surface area contributed by atoms with Gasteiger partial charge in [0.15, 0.2) is 11.6 Å². The van der Waals surface area contributed by atoms with E-state index in [1.165, 1.54) is 7.05 Å². The maximum absolute atomic E-state index is 13.4. The van der Waals surface area contributed by atoms with E-state index in [0.29, 0.717) is 19.0 Å². The van der Waals surface area contributed by atoms with Gasteiger partial charge in [0, 0.05) is 45.7 Å². The lowest BCUT2D eigenvalue weighted by Crippen LogP contribution is -2.34. The number of amidine groups is 1. The topological polar surface area (TPSA) is 119 Å². The fourth-order valence-electron chi connectivity index (χ4n) is 3.22. The summed E-state index contributed by atoms with van der Waals surface area (Å²) in [5.41, 5.74) is 2.10. The molecular weight excluding hydrogens is 551 g/mol. The molecule has 2 N–H and O–H groups in total. The number of carboxylic acids is 1. The highest BCUT2D eigenvalue weighted by atomic mass is 32.2. The summed E-state index contributed by atoms with van der Waals surface area (Å²) in [6.07, 6.45) is -4.45. The van der Waals surface area contributed by atoms with E-state index in [-0.39, 0.29) is 23.8 Å². The number of carboxylic acid groups (broad SMARTS) is 1. The first-order valence-electron chi connectivity index (χ1n) is 11.5. The van der Waals surface area contributed by atoms with Crippen LogP contribution in [0.5, 0.6) is 0 Å². The quantitative estimate of drug-likeness (QED) is 0.442. The molecule has 1 heterocycles. The van der Waals surface area contributed by atoms with Gasteiger partial charge in [-0.05, 0) is 30.2 Å². The van der Waals surface area contributed by atoms with Crippen LogP contribution in [-0.2, 0) is 26.0 Å². The Balaban J connectivity index is 0.000000673. The second-order valence-electron chi connectivity index (χ2n) is 8.37. The Morgan fingerprint density at radius 2 is 1.64 bits per heavy atom. The van der Waals surface area contributed by atoms with Crippen LogP contribution in [0.2, 0.25) is 0 Å². The first-order valence-corrected chi connectivity index (χ1v) is 12.9. The molecule has 2 aromatic rings. The molecule has 15 heteroatoms. The van der Waals surface area contributed by atoms with E-state index in [4.69, 9.17) is 9.90 Å². The van der Waals surface area contributed by atoms with Crippen LogP contribution in [-0.4, -0.2) is 86.9 Å². The van der Waals surface area contributed by atoms with E-state index >= 15 is 0 Å². The smallest absolute Gasteiger partial charge is 0.475 e. The van der Waals surface area contributed by atoms with Crippen molar-refractivity contribution in [3.8, 4) is 0 Å². The van der Waals surface area contributed by atoms with Crippen molar-refractivity contribution in [1.82, 2.24) is 14.5 Å². The molecule has 1 amide bonds. The van der Waals surface area contributed by atoms with Gasteiger partial charge in [-0.2, -0.15) is 13.2 Å².